The van der Waals surface area contributed by atoms with Crippen molar-refractivity contribution in [3.63, 3.8) is 0 Å². The normalized spacial score (nSPS) is 12.6. The largest absolute Gasteiger partial charge is 0.491 e. The first-order valence-electron chi connectivity index (χ1n) is 4.14. The maximum Gasteiger partial charge on any atom is 0.357 e. The van der Waals surface area contributed by atoms with Gasteiger partial charge in [0.25, 0.3) is 0 Å². The minimum atomic E-state index is -2.27. The van der Waals surface area contributed by atoms with Crippen LogP contribution in [0.4, 0.5) is 0 Å². The topological polar surface area (TPSA) is 55.8 Å². The van der Waals surface area contributed by atoms with Gasteiger partial charge in [0.1, 0.15) is 11.5 Å². The first kappa shape index (κ1) is 11.0. The van der Waals surface area contributed by atoms with Crippen LogP contribution in [0.1, 0.15) is 13.8 Å². The molecule has 1 N–H and O–H groups in total. The second-order valence-corrected chi connectivity index (χ2v) is 3.54. The molecule has 0 fully saturated rings. The molecule has 0 radical (unpaired) electrons. The molecule has 78 valence electrons. The van der Waals surface area contributed by atoms with Gasteiger partial charge in [-0.05, 0) is 38.1 Å². The Morgan fingerprint density at radius 1 is 1.21 bits per heavy atom. The predicted molar refractivity (Wildman–Crippen MR) is 53.6 cm³/mol. The zero-order chi connectivity index (χ0) is 10.6. The van der Waals surface area contributed by atoms with Gasteiger partial charge >= 0.3 is 11.4 Å². The lowest BCUT2D eigenvalue weighted by Gasteiger charge is -2.09. The van der Waals surface area contributed by atoms with Gasteiger partial charge in [0.05, 0.1) is 6.10 Å². The number of hydrogen-bond acceptors (Lipinski definition) is 3. The Morgan fingerprint density at radius 3 is 2.14 bits per heavy atom. The molecule has 1 aromatic carbocycles. The van der Waals surface area contributed by atoms with E-state index >= 15 is 0 Å². The van der Waals surface area contributed by atoms with Crippen LogP contribution in [0.3, 0.4) is 0 Å². The molecule has 0 spiro atoms. The summed E-state index contributed by atoms with van der Waals surface area (Å²) in [5.41, 5.74) is 0. The van der Waals surface area contributed by atoms with Crippen molar-refractivity contribution in [2.24, 2.45) is 0 Å². The molecule has 1 aromatic rings. The van der Waals surface area contributed by atoms with Crippen molar-refractivity contribution in [2.45, 2.75) is 20.0 Å². The highest BCUT2D eigenvalue weighted by molar-refractivity contribution is 7.74. The SMILES string of the molecule is CC(C)Oc1ccc(OS(=O)O)cc1. The lowest BCUT2D eigenvalue weighted by Crippen LogP contribution is -2.05. The quantitative estimate of drug-likeness (QED) is 0.782. The van der Waals surface area contributed by atoms with Gasteiger partial charge < -0.3 is 8.92 Å². The van der Waals surface area contributed by atoms with Crippen LogP contribution in [-0.2, 0) is 11.4 Å². The van der Waals surface area contributed by atoms with Crippen molar-refractivity contribution in [3.8, 4) is 11.5 Å². The van der Waals surface area contributed by atoms with Crippen LogP contribution in [0.2, 0.25) is 0 Å². The molecule has 5 heteroatoms. The van der Waals surface area contributed by atoms with E-state index in [1.807, 2.05) is 13.8 Å². The maximum atomic E-state index is 10.3. The molecule has 1 atom stereocenters. The van der Waals surface area contributed by atoms with Crippen molar-refractivity contribution in [1.82, 2.24) is 0 Å². The molecule has 0 amide bonds. The molecule has 14 heavy (non-hydrogen) atoms. The van der Waals surface area contributed by atoms with Gasteiger partial charge in [-0.15, -0.1) is 0 Å². The third-order valence-electron chi connectivity index (χ3n) is 1.36. The molecular weight excluding hydrogens is 204 g/mol. The summed E-state index contributed by atoms with van der Waals surface area (Å²) in [7, 11) is 0. The summed E-state index contributed by atoms with van der Waals surface area (Å²) >= 11 is -2.27. The fourth-order valence-electron chi connectivity index (χ4n) is 0.928. The van der Waals surface area contributed by atoms with E-state index < -0.39 is 11.4 Å². The zero-order valence-corrected chi connectivity index (χ0v) is 8.78. The van der Waals surface area contributed by atoms with Gasteiger partial charge in [0, 0.05) is 0 Å². The van der Waals surface area contributed by atoms with E-state index in [9.17, 15) is 4.21 Å². The smallest absolute Gasteiger partial charge is 0.357 e. The Kier molecular flexibility index (Phi) is 3.91. The minimum Gasteiger partial charge on any atom is -0.491 e. The van der Waals surface area contributed by atoms with E-state index in [-0.39, 0.29) is 6.10 Å². The van der Waals surface area contributed by atoms with Gasteiger partial charge in [-0.25, -0.2) is 0 Å². The van der Waals surface area contributed by atoms with E-state index in [1.54, 1.807) is 24.3 Å². The molecular formula is C9H12O4S. The van der Waals surface area contributed by atoms with Crippen molar-refractivity contribution in [2.75, 3.05) is 0 Å². The third kappa shape index (κ3) is 3.76. The Labute approximate surface area is 85.3 Å². The predicted octanol–water partition coefficient (Wildman–Crippen LogP) is 1.99. The molecule has 4 nitrogen and oxygen atoms in total. The van der Waals surface area contributed by atoms with Crippen LogP contribution in [0.15, 0.2) is 24.3 Å². The maximum absolute atomic E-state index is 10.3. The number of benzene rings is 1. The van der Waals surface area contributed by atoms with E-state index in [1.165, 1.54) is 0 Å². The van der Waals surface area contributed by atoms with Crippen LogP contribution < -0.4 is 8.92 Å². The van der Waals surface area contributed by atoms with Crippen LogP contribution in [-0.4, -0.2) is 14.9 Å². The summed E-state index contributed by atoms with van der Waals surface area (Å²) in [5.74, 6) is 1.04. The molecule has 0 aliphatic carbocycles. The summed E-state index contributed by atoms with van der Waals surface area (Å²) in [4.78, 5) is 0. The number of hydrogen-bond donors (Lipinski definition) is 1. The zero-order valence-electron chi connectivity index (χ0n) is 7.97. The standard InChI is InChI=1S/C9H12O4S/c1-7(2)12-8-3-5-9(6-4-8)13-14(10)11/h3-7H,1-2H3,(H,10,11). The van der Waals surface area contributed by atoms with E-state index in [0.717, 1.165) is 0 Å². The molecule has 1 unspecified atom stereocenters. The fourth-order valence-corrected chi connectivity index (χ4v) is 1.20. The number of ether oxygens (including phenoxy) is 1. The average Bonchev–Trinajstić information content (AvgIpc) is 2.06. The third-order valence-corrected chi connectivity index (χ3v) is 1.70. The van der Waals surface area contributed by atoms with Gasteiger partial charge in [0.15, 0.2) is 0 Å². The Balaban J connectivity index is 2.63. The van der Waals surface area contributed by atoms with Gasteiger partial charge in [-0.2, -0.15) is 4.21 Å². The highest BCUT2D eigenvalue weighted by atomic mass is 32.2. The Hall–Kier alpha value is -1.07. The van der Waals surface area contributed by atoms with Crippen molar-refractivity contribution >= 4 is 11.4 Å². The van der Waals surface area contributed by atoms with Crippen molar-refractivity contribution in [1.29, 1.82) is 0 Å². The van der Waals surface area contributed by atoms with Gasteiger partial charge in [-0.3, -0.25) is 4.55 Å². The highest BCUT2D eigenvalue weighted by Gasteiger charge is 2.00. The summed E-state index contributed by atoms with van der Waals surface area (Å²) in [6.45, 7) is 3.85. The lowest BCUT2D eigenvalue weighted by atomic mass is 10.3. The first-order chi connectivity index (χ1) is 6.58. The van der Waals surface area contributed by atoms with Crippen molar-refractivity contribution in [3.05, 3.63) is 24.3 Å². The molecule has 0 aromatic heterocycles. The molecule has 1 rings (SSSR count). The second kappa shape index (κ2) is 4.97. The van der Waals surface area contributed by atoms with E-state index in [4.69, 9.17) is 9.29 Å². The molecule has 0 aliphatic rings. The molecule has 0 saturated carbocycles. The van der Waals surface area contributed by atoms with E-state index in [2.05, 4.69) is 4.18 Å². The second-order valence-electron chi connectivity index (χ2n) is 2.94. The minimum absolute atomic E-state index is 0.105. The molecule has 0 aliphatic heterocycles. The van der Waals surface area contributed by atoms with Crippen LogP contribution in [0.25, 0.3) is 0 Å². The van der Waals surface area contributed by atoms with Gasteiger partial charge in [0.2, 0.25) is 0 Å². The van der Waals surface area contributed by atoms with Crippen LogP contribution >= 0.6 is 0 Å². The fraction of sp³-hybridized carbons (Fsp3) is 0.333. The van der Waals surface area contributed by atoms with Crippen LogP contribution in [0, 0.1) is 0 Å². The Morgan fingerprint density at radius 2 is 1.71 bits per heavy atom. The van der Waals surface area contributed by atoms with Crippen LogP contribution in [0.5, 0.6) is 11.5 Å². The molecule has 0 heterocycles. The lowest BCUT2D eigenvalue weighted by molar-refractivity contribution is 0.242. The average molecular weight is 216 g/mol. The van der Waals surface area contributed by atoms with Crippen molar-refractivity contribution < 1.29 is 17.7 Å². The first-order valence-corrected chi connectivity index (χ1v) is 5.17. The summed E-state index contributed by atoms with van der Waals surface area (Å²) < 4.78 is 28.7. The highest BCUT2D eigenvalue weighted by Crippen LogP contribution is 2.18. The summed E-state index contributed by atoms with van der Waals surface area (Å²) in [6.07, 6.45) is 0.105. The molecule has 0 saturated heterocycles. The van der Waals surface area contributed by atoms with Gasteiger partial charge in [-0.1, -0.05) is 0 Å². The van der Waals surface area contributed by atoms with E-state index in [0.29, 0.717) is 11.5 Å². The summed E-state index contributed by atoms with van der Waals surface area (Å²) in [5, 5.41) is 0. The monoisotopic (exact) mass is 216 g/mol. The summed E-state index contributed by atoms with van der Waals surface area (Å²) in [6, 6.07) is 6.52. The molecule has 0 bridgehead atoms. The Bertz CT molecular complexity index is 307. The number of rotatable bonds is 4.